The minimum atomic E-state index is -0.0662. The summed E-state index contributed by atoms with van der Waals surface area (Å²) in [6.07, 6.45) is 16.5. The Kier molecular flexibility index (Phi) is 10.0. The van der Waals surface area contributed by atoms with Crippen LogP contribution in [0.4, 0.5) is 45.5 Å². The number of allylic oxidation sites excluding steroid dienone is 1. The molecule has 7 aromatic carbocycles. The third-order valence-corrected chi connectivity index (χ3v) is 22.6. The van der Waals surface area contributed by atoms with E-state index in [9.17, 15) is 0 Å². The van der Waals surface area contributed by atoms with Gasteiger partial charge in [0.15, 0.2) is 0 Å². The lowest BCUT2D eigenvalue weighted by atomic mass is 9.33. The number of rotatable bonds is 5. The molecule has 4 aliphatic carbocycles. The molecular formula is C72H74BN3S. The molecular weight excluding hydrogens is 950 g/mol. The van der Waals surface area contributed by atoms with Gasteiger partial charge < -0.3 is 14.7 Å². The number of thiophene rings is 1. The molecule has 0 spiro atoms. The van der Waals surface area contributed by atoms with Crippen LogP contribution in [0.2, 0.25) is 0 Å². The third kappa shape index (κ3) is 6.62. The van der Waals surface area contributed by atoms with Gasteiger partial charge in [-0.05, 0) is 208 Å². The van der Waals surface area contributed by atoms with Crippen molar-refractivity contribution in [2.24, 2.45) is 0 Å². The highest BCUT2D eigenvalue weighted by Gasteiger charge is 2.61. The Hall–Kier alpha value is -6.30. The minimum absolute atomic E-state index is 0.0265. The van der Waals surface area contributed by atoms with Gasteiger partial charge in [0.25, 0.3) is 6.71 Å². The van der Waals surface area contributed by atoms with Crippen molar-refractivity contribution in [1.29, 1.82) is 0 Å². The Balaban J connectivity index is 1.05. The van der Waals surface area contributed by atoms with Crippen molar-refractivity contribution in [3.05, 3.63) is 178 Å². The first-order valence-electron chi connectivity index (χ1n) is 29.3. The first-order valence-corrected chi connectivity index (χ1v) is 30.1. The fourth-order valence-electron chi connectivity index (χ4n) is 16.5. The molecule has 386 valence electrons. The van der Waals surface area contributed by atoms with Crippen molar-refractivity contribution < 1.29 is 0 Å². The molecule has 0 N–H and O–H groups in total. The summed E-state index contributed by atoms with van der Waals surface area (Å²) in [6, 6.07) is 53.8. The molecule has 1 aromatic heterocycles. The maximum absolute atomic E-state index is 2.90. The van der Waals surface area contributed by atoms with E-state index < -0.39 is 0 Å². The number of hydrogen-bond donors (Lipinski definition) is 0. The number of nitrogens with zero attached hydrogens (tertiary/aromatic N) is 3. The second kappa shape index (κ2) is 16.2. The molecule has 3 aliphatic heterocycles. The molecule has 0 saturated heterocycles. The fraction of sp³-hybridized carbons (Fsp3) is 0.361. The Labute approximate surface area is 463 Å². The first kappa shape index (κ1) is 47.9. The van der Waals surface area contributed by atoms with Gasteiger partial charge >= 0.3 is 0 Å². The normalized spacial score (nSPS) is 23.1. The number of aryl methyl sites for hydroxylation is 1. The van der Waals surface area contributed by atoms with Gasteiger partial charge in [-0.15, -0.1) is 11.3 Å². The average molecular weight is 1020 g/mol. The smallest absolute Gasteiger partial charge is 0.252 e. The number of benzene rings is 7. The van der Waals surface area contributed by atoms with Gasteiger partial charge in [-0.1, -0.05) is 154 Å². The van der Waals surface area contributed by atoms with Gasteiger partial charge in [-0.25, -0.2) is 0 Å². The second-order valence-corrected chi connectivity index (χ2v) is 28.6. The lowest BCUT2D eigenvalue weighted by molar-refractivity contribution is 0.195. The highest BCUT2D eigenvalue weighted by molar-refractivity contribution is 7.20. The molecule has 77 heavy (non-hydrogen) atoms. The van der Waals surface area contributed by atoms with Crippen LogP contribution in [0, 0.1) is 0 Å². The predicted molar refractivity (Wildman–Crippen MR) is 332 cm³/mol. The summed E-state index contributed by atoms with van der Waals surface area (Å²) in [6.45, 7) is 25.0. The number of para-hydroxylation sites is 1. The zero-order valence-electron chi connectivity index (χ0n) is 47.3. The Morgan fingerprint density at radius 1 is 0.494 bits per heavy atom. The van der Waals surface area contributed by atoms with Crippen LogP contribution < -0.4 is 31.1 Å². The lowest BCUT2D eigenvalue weighted by Crippen LogP contribution is -2.64. The molecule has 7 aliphatic rings. The summed E-state index contributed by atoms with van der Waals surface area (Å²) in [5.41, 5.74) is 26.5. The van der Waals surface area contributed by atoms with Gasteiger partial charge in [0.05, 0.1) is 11.2 Å². The van der Waals surface area contributed by atoms with Crippen LogP contribution in [0.25, 0.3) is 27.3 Å². The van der Waals surface area contributed by atoms with Crippen LogP contribution in [0.15, 0.2) is 140 Å². The molecule has 4 heterocycles. The minimum Gasteiger partial charge on any atom is -0.335 e. The van der Waals surface area contributed by atoms with E-state index in [4.69, 9.17) is 0 Å². The Morgan fingerprint density at radius 2 is 1.12 bits per heavy atom. The molecule has 2 unspecified atom stereocenters. The maximum atomic E-state index is 2.90. The number of anilines is 8. The molecule has 1 fully saturated rings. The largest absolute Gasteiger partial charge is 0.335 e. The SMILES string of the molecule is CC1(C)CCC(C)(C)c2cc(N(c3ccc4c(c3)N(c3cccc5sc6c(c35)CCC=C6)c3cc(-c5ccccc5)cc5c3B4c3cccc4c3N5C3(C)CCCCC43C)c3ccc4c(c3)C(C)(C)CCC4(C)C)ccc21. The van der Waals surface area contributed by atoms with Crippen molar-refractivity contribution in [3.63, 3.8) is 0 Å². The van der Waals surface area contributed by atoms with E-state index >= 15 is 0 Å². The molecule has 0 amide bonds. The summed E-state index contributed by atoms with van der Waals surface area (Å²) in [7, 11) is 0. The van der Waals surface area contributed by atoms with Crippen molar-refractivity contribution in [2.75, 3.05) is 14.7 Å². The van der Waals surface area contributed by atoms with Gasteiger partial charge in [-0.2, -0.15) is 0 Å². The van der Waals surface area contributed by atoms with E-state index in [1.165, 1.54) is 167 Å². The van der Waals surface area contributed by atoms with E-state index in [1.807, 2.05) is 11.3 Å². The predicted octanol–water partition coefficient (Wildman–Crippen LogP) is 18.1. The highest BCUT2D eigenvalue weighted by Crippen LogP contribution is 2.63. The van der Waals surface area contributed by atoms with E-state index in [-0.39, 0.29) is 39.3 Å². The number of fused-ring (bicyclic) bond motifs is 12. The van der Waals surface area contributed by atoms with Crippen LogP contribution in [0.5, 0.6) is 0 Å². The van der Waals surface area contributed by atoms with Crippen LogP contribution in [-0.2, 0) is 33.5 Å². The molecule has 0 radical (unpaired) electrons. The van der Waals surface area contributed by atoms with Gasteiger partial charge in [-0.3, -0.25) is 0 Å². The van der Waals surface area contributed by atoms with Crippen molar-refractivity contribution in [3.8, 4) is 11.1 Å². The molecule has 1 saturated carbocycles. The van der Waals surface area contributed by atoms with Crippen LogP contribution in [-0.4, -0.2) is 12.3 Å². The standard InChI is InChI=1S/C72H74BN3S/c1-67(2)36-38-69(5,6)54-42-47(28-31-51(54)67)74(48-29-32-52-55(43-48)70(7,8)39-37-68(52,3)4)49-30-33-56-59(44-49)75(58-25-19-27-63-64(58)50-22-14-15-26-62(50)77-63)60-40-46(45-20-12-11-13-21-45)41-61-65(60)73(56)57-24-18-23-53-66(57)76(61)72(10)35-17-16-34-71(53,72)9/h11-13,15,18-21,23-33,40-44H,14,16-17,22,34-39H2,1-10H3. The molecule has 8 aromatic rings. The van der Waals surface area contributed by atoms with Crippen molar-refractivity contribution in [1.82, 2.24) is 0 Å². The summed E-state index contributed by atoms with van der Waals surface area (Å²) in [5, 5.41) is 1.41. The average Bonchev–Trinajstić information content (AvgIpc) is 3.66. The number of hydrogen-bond acceptors (Lipinski definition) is 4. The van der Waals surface area contributed by atoms with E-state index in [2.05, 4.69) is 230 Å². The molecule has 15 rings (SSSR count). The van der Waals surface area contributed by atoms with Gasteiger partial charge in [0.1, 0.15) is 0 Å². The van der Waals surface area contributed by atoms with Crippen LogP contribution in [0.1, 0.15) is 165 Å². The van der Waals surface area contributed by atoms with Gasteiger partial charge in [0.2, 0.25) is 0 Å². The summed E-state index contributed by atoms with van der Waals surface area (Å²) < 4.78 is 1.37. The van der Waals surface area contributed by atoms with E-state index in [0.717, 1.165) is 12.8 Å². The van der Waals surface area contributed by atoms with Crippen LogP contribution >= 0.6 is 11.3 Å². The molecule has 0 bridgehead atoms. The maximum Gasteiger partial charge on any atom is 0.252 e. The Bertz CT molecular complexity index is 3770. The summed E-state index contributed by atoms with van der Waals surface area (Å²) >= 11 is 1.97. The quantitative estimate of drug-likeness (QED) is 0.159. The summed E-state index contributed by atoms with van der Waals surface area (Å²) in [5.74, 6) is 0. The molecule has 5 heteroatoms. The molecule has 2 atom stereocenters. The highest BCUT2D eigenvalue weighted by atomic mass is 32.1. The third-order valence-electron chi connectivity index (χ3n) is 21.4. The Morgan fingerprint density at radius 3 is 1.82 bits per heavy atom. The topological polar surface area (TPSA) is 9.72 Å². The van der Waals surface area contributed by atoms with E-state index in [0.29, 0.717) is 0 Å². The van der Waals surface area contributed by atoms with E-state index in [1.54, 1.807) is 5.56 Å². The first-order chi connectivity index (χ1) is 36.9. The zero-order chi connectivity index (χ0) is 52.8. The zero-order valence-corrected chi connectivity index (χ0v) is 48.1. The van der Waals surface area contributed by atoms with Crippen molar-refractivity contribution in [2.45, 2.75) is 166 Å². The second-order valence-electron chi connectivity index (χ2n) is 27.6. The van der Waals surface area contributed by atoms with Crippen LogP contribution in [0.3, 0.4) is 0 Å². The molecule has 3 nitrogen and oxygen atoms in total. The lowest BCUT2D eigenvalue weighted by Gasteiger charge is -2.53. The van der Waals surface area contributed by atoms with Crippen molar-refractivity contribution >= 4 is 96.1 Å². The summed E-state index contributed by atoms with van der Waals surface area (Å²) in [4.78, 5) is 9.71. The monoisotopic (exact) mass is 1020 g/mol. The van der Waals surface area contributed by atoms with Gasteiger partial charge in [0, 0.05) is 60.2 Å². The fourth-order valence-corrected chi connectivity index (χ4v) is 17.7.